The van der Waals surface area contributed by atoms with Crippen molar-refractivity contribution in [2.45, 2.75) is 63.5 Å². The Balaban J connectivity index is 3.16. The van der Waals surface area contributed by atoms with Gasteiger partial charge in [0.15, 0.2) is 0 Å². The van der Waals surface area contributed by atoms with E-state index in [4.69, 9.17) is 0 Å². The maximum atomic E-state index is 14.8. The molecule has 0 spiro atoms. The molecule has 1 N–H and O–H groups in total. The van der Waals surface area contributed by atoms with E-state index in [-0.39, 0.29) is 9.42 Å². The van der Waals surface area contributed by atoms with Crippen molar-refractivity contribution in [1.29, 1.82) is 0 Å². The Bertz CT molecular complexity index is 560. The summed E-state index contributed by atoms with van der Waals surface area (Å²) in [6, 6.07) is 6.63. The third kappa shape index (κ3) is 4.06. The molecule has 4 nitrogen and oxygen atoms in total. The van der Waals surface area contributed by atoms with Gasteiger partial charge in [0.1, 0.15) is 0 Å². The molecule has 0 aromatic heterocycles. The Labute approximate surface area is 132 Å². The predicted octanol–water partition coefficient (Wildman–Crippen LogP) is 3.53. The lowest BCUT2D eigenvalue weighted by Gasteiger charge is -2.37. The van der Waals surface area contributed by atoms with Crippen LogP contribution in [0.5, 0.6) is 0 Å². The van der Waals surface area contributed by atoms with E-state index in [1.54, 1.807) is 39.0 Å². The van der Waals surface area contributed by atoms with Gasteiger partial charge in [-0.25, -0.2) is 8.42 Å². The highest BCUT2D eigenvalue weighted by atomic mass is 32.2. The van der Waals surface area contributed by atoms with Crippen molar-refractivity contribution in [3.8, 4) is 0 Å². The quantitative estimate of drug-likeness (QED) is 0.741. The molecule has 0 fully saturated rings. The molecule has 1 aromatic carbocycles. The molecule has 22 heavy (non-hydrogen) atoms. The maximum Gasteiger partial charge on any atom is 0.269 e. The third-order valence-corrected chi connectivity index (χ3v) is 5.99. The van der Waals surface area contributed by atoms with E-state index in [2.05, 4.69) is 0 Å². The maximum absolute atomic E-state index is 14.8. The normalized spacial score (nSPS) is 18.0. The van der Waals surface area contributed by atoms with Gasteiger partial charge in [-0.1, -0.05) is 45.4 Å². The van der Waals surface area contributed by atoms with Crippen LogP contribution in [0.2, 0.25) is 0 Å². The van der Waals surface area contributed by atoms with Crippen molar-refractivity contribution in [1.82, 2.24) is 4.53 Å². The van der Waals surface area contributed by atoms with E-state index < -0.39 is 27.6 Å². The molecule has 1 unspecified atom stereocenters. The average molecular weight is 331 g/mol. The van der Waals surface area contributed by atoms with Crippen LogP contribution in [0, 0.1) is 5.92 Å². The van der Waals surface area contributed by atoms with Gasteiger partial charge in [0.2, 0.25) is 0 Å². The van der Waals surface area contributed by atoms with Crippen LogP contribution in [0.3, 0.4) is 0 Å². The minimum atomic E-state index is -4.22. The molecule has 0 saturated heterocycles. The van der Waals surface area contributed by atoms with E-state index in [1.165, 1.54) is 12.1 Å². The van der Waals surface area contributed by atoms with Crippen LogP contribution < -0.4 is 0 Å². The van der Waals surface area contributed by atoms with Crippen LogP contribution in [0.25, 0.3) is 0 Å². The zero-order chi connectivity index (χ0) is 17.0. The number of hydrogen-bond donors (Lipinski definition) is 1. The van der Waals surface area contributed by atoms with Crippen LogP contribution in [0.15, 0.2) is 35.2 Å². The van der Waals surface area contributed by atoms with Gasteiger partial charge in [0.05, 0.1) is 16.5 Å². The molecule has 6 heteroatoms. The zero-order valence-corrected chi connectivity index (χ0v) is 14.5. The first-order valence-electron chi connectivity index (χ1n) is 7.66. The van der Waals surface area contributed by atoms with Crippen LogP contribution in [0.4, 0.5) is 4.48 Å². The molecule has 0 amide bonds. The van der Waals surface area contributed by atoms with Crippen LogP contribution in [0.1, 0.15) is 47.0 Å². The fourth-order valence-electron chi connectivity index (χ4n) is 2.43. The molecule has 1 rings (SSSR count). The summed E-state index contributed by atoms with van der Waals surface area (Å²) in [7, 11) is -4.22. The molecular formula is C16H26FNO3S. The number of aliphatic hydroxyl groups is 1. The summed E-state index contributed by atoms with van der Waals surface area (Å²) < 4.78 is 39.6. The SMILES string of the molecule is CCCC([C@H](C)[C@@](C)(O)CC)N(F)S(=O)(=O)c1ccccc1. The van der Waals surface area contributed by atoms with E-state index in [0.717, 1.165) is 0 Å². The van der Waals surface area contributed by atoms with E-state index in [0.29, 0.717) is 19.3 Å². The third-order valence-electron chi connectivity index (χ3n) is 4.39. The Hall–Kier alpha value is -0.980. The lowest BCUT2D eigenvalue weighted by molar-refractivity contribution is -0.0576. The van der Waals surface area contributed by atoms with E-state index in [1.807, 2.05) is 6.92 Å². The van der Waals surface area contributed by atoms with E-state index >= 15 is 0 Å². The van der Waals surface area contributed by atoms with Gasteiger partial charge in [-0.15, -0.1) is 4.48 Å². The van der Waals surface area contributed by atoms with Gasteiger partial charge in [-0.2, -0.15) is 0 Å². The lowest BCUT2D eigenvalue weighted by Crippen LogP contribution is -2.47. The molecular weight excluding hydrogens is 305 g/mol. The summed E-state index contributed by atoms with van der Waals surface area (Å²) in [6.45, 7) is 6.97. The molecule has 0 radical (unpaired) electrons. The first-order valence-corrected chi connectivity index (χ1v) is 9.10. The number of halogens is 1. The van der Waals surface area contributed by atoms with Gasteiger partial charge >= 0.3 is 0 Å². The minimum absolute atomic E-state index is 0.0688. The molecule has 0 aliphatic rings. The van der Waals surface area contributed by atoms with Gasteiger partial charge < -0.3 is 5.11 Å². The highest BCUT2D eigenvalue weighted by Crippen LogP contribution is 2.32. The lowest BCUT2D eigenvalue weighted by atomic mass is 9.81. The summed E-state index contributed by atoms with van der Waals surface area (Å²) in [5, 5.41) is 10.4. The Kier molecular flexibility index (Phi) is 6.52. The fourth-order valence-corrected chi connectivity index (χ4v) is 3.78. The minimum Gasteiger partial charge on any atom is -0.390 e. The van der Waals surface area contributed by atoms with Gasteiger partial charge in [-0.3, -0.25) is 0 Å². The Morgan fingerprint density at radius 1 is 1.27 bits per heavy atom. The van der Waals surface area contributed by atoms with Crippen LogP contribution in [-0.2, 0) is 10.0 Å². The smallest absolute Gasteiger partial charge is 0.269 e. The van der Waals surface area contributed by atoms with Gasteiger partial charge in [0, 0.05) is 5.92 Å². The van der Waals surface area contributed by atoms with Crippen molar-refractivity contribution < 1.29 is 18.0 Å². The second-order valence-electron chi connectivity index (χ2n) is 5.92. The number of hydrogen-bond acceptors (Lipinski definition) is 3. The first kappa shape index (κ1) is 19.1. The fraction of sp³-hybridized carbons (Fsp3) is 0.625. The van der Waals surface area contributed by atoms with Crippen molar-refractivity contribution in [2.75, 3.05) is 0 Å². The van der Waals surface area contributed by atoms with Gasteiger partial charge in [0.25, 0.3) is 10.0 Å². The van der Waals surface area contributed by atoms with Crippen molar-refractivity contribution in [2.24, 2.45) is 5.92 Å². The average Bonchev–Trinajstić information content (AvgIpc) is 2.52. The summed E-state index contributed by atoms with van der Waals surface area (Å²) in [4.78, 5) is -0.0815. The zero-order valence-electron chi connectivity index (χ0n) is 13.7. The van der Waals surface area contributed by atoms with Crippen LogP contribution >= 0.6 is 0 Å². The summed E-state index contributed by atoms with van der Waals surface area (Å²) in [6.07, 6.45) is 1.40. The van der Waals surface area contributed by atoms with Crippen molar-refractivity contribution in [3.63, 3.8) is 0 Å². The topological polar surface area (TPSA) is 57.6 Å². The number of benzene rings is 1. The number of sulfonamides is 1. The number of rotatable bonds is 8. The molecule has 0 bridgehead atoms. The molecule has 3 atom stereocenters. The second-order valence-corrected chi connectivity index (χ2v) is 7.69. The van der Waals surface area contributed by atoms with E-state index in [9.17, 15) is 18.0 Å². The number of nitrogens with zero attached hydrogens (tertiary/aromatic N) is 1. The largest absolute Gasteiger partial charge is 0.390 e. The monoisotopic (exact) mass is 331 g/mol. The Morgan fingerprint density at radius 2 is 1.82 bits per heavy atom. The highest BCUT2D eigenvalue weighted by molar-refractivity contribution is 7.89. The van der Waals surface area contributed by atoms with Crippen molar-refractivity contribution in [3.05, 3.63) is 30.3 Å². The highest BCUT2D eigenvalue weighted by Gasteiger charge is 2.41. The second kappa shape index (κ2) is 7.53. The molecule has 0 heterocycles. The standard InChI is InChI=1S/C16H26FNO3S/c1-5-10-15(13(3)16(4,19)6-2)18(17)22(20,21)14-11-8-7-9-12-14/h7-9,11-13,15,19H,5-6,10H2,1-4H3/t13-,15?,16-/m0/s1. The molecule has 1 aromatic rings. The summed E-state index contributed by atoms with van der Waals surface area (Å²) >= 11 is 0. The van der Waals surface area contributed by atoms with Crippen molar-refractivity contribution >= 4 is 10.0 Å². The van der Waals surface area contributed by atoms with Crippen LogP contribution in [-0.4, -0.2) is 29.7 Å². The summed E-state index contributed by atoms with van der Waals surface area (Å²) in [5.74, 6) is -0.527. The summed E-state index contributed by atoms with van der Waals surface area (Å²) in [5.41, 5.74) is -1.13. The van der Waals surface area contributed by atoms with Gasteiger partial charge in [-0.05, 0) is 36.4 Å². The molecule has 0 aliphatic heterocycles. The molecule has 0 saturated carbocycles. The Morgan fingerprint density at radius 3 is 2.27 bits per heavy atom. The first-order chi connectivity index (χ1) is 10.2. The predicted molar refractivity (Wildman–Crippen MR) is 85.3 cm³/mol. The molecule has 0 aliphatic carbocycles. The molecule has 126 valence electrons.